The SMILES string of the molecule is CCN(CC)CCCC(C)NC(=O)c1ccc(CN(Cc2cccc(F)c2)C(C)C)o1. The van der Waals surface area contributed by atoms with Gasteiger partial charge in [-0.1, -0.05) is 26.0 Å². The molecule has 1 unspecified atom stereocenters. The summed E-state index contributed by atoms with van der Waals surface area (Å²) in [5.41, 5.74) is 0.914. The third-order valence-corrected chi connectivity index (χ3v) is 5.63. The maximum Gasteiger partial charge on any atom is 0.287 e. The summed E-state index contributed by atoms with van der Waals surface area (Å²) < 4.78 is 19.3. The van der Waals surface area contributed by atoms with Crippen LogP contribution >= 0.6 is 0 Å². The molecule has 0 bridgehead atoms. The summed E-state index contributed by atoms with van der Waals surface area (Å²) in [4.78, 5) is 17.1. The number of benzene rings is 1. The van der Waals surface area contributed by atoms with E-state index in [9.17, 15) is 9.18 Å². The predicted molar refractivity (Wildman–Crippen MR) is 123 cm³/mol. The maximum absolute atomic E-state index is 13.5. The second-order valence-corrected chi connectivity index (χ2v) is 8.44. The lowest BCUT2D eigenvalue weighted by Crippen LogP contribution is -2.33. The van der Waals surface area contributed by atoms with E-state index in [1.165, 1.54) is 6.07 Å². The highest BCUT2D eigenvalue weighted by Crippen LogP contribution is 2.16. The summed E-state index contributed by atoms with van der Waals surface area (Å²) in [5, 5.41) is 3.03. The number of amides is 1. The fraction of sp³-hybridized carbons (Fsp3) is 0.560. The summed E-state index contributed by atoms with van der Waals surface area (Å²) >= 11 is 0. The molecule has 1 atom stereocenters. The third-order valence-electron chi connectivity index (χ3n) is 5.63. The number of nitrogens with one attached hydrogen (secondary N) is 1. The van der Waals surface area contributed by atoms with Crippen molar-refractivity contribution in [2.45, 2.75) is 72.6 Å². The van der Waals surface area contributed by atoms with Gasteiger partial charge in [0.1, 0.15) is 11.6 Å². The molecule has 6 heteroatoms. The minimum atomic E-state index is -0.232. The van der Waals surface area contributed by atoms with Gasteiger partial charge in [-0.25, -0.2) is 4.39 Å². The number of carbonyl (C=O) groups is 1. The topological polar surface area (TPSA) is 48.7 Å². The van der Waals surface area contributed by atoms with E-state index in [1.54, 1.807) is 18.2 Å². The molecule has 0 spiro atoms. The van der Waals surface area contributed by atoms with Crippen molar-refractivity contribution in [2.75, 3.05) is 19.6 Å². The zero-order valence-corrected chi connectivity index (χ0v) is 19.7. The summed E-state index contributed by atoms with van der Waals surface area (Å²) in [6.45, 7) is 14.9. The summed E-state index contributed by atoms with van der Waals surface area (Å²) in [6, 6.07) is 10.6. The highest BCUT2D eigenvalue weighted by Gasteiger charge is 2.17. The normalized spacial score (nSPS) is 12.7. The van der Waals surface area contributed by atoms with Crippen LogP contribution < -0.4 is 5.32 Å². The van der Waals surface area contributed by atoms with Crippen molar-refractivity contribution in [3.05, 3.63) is 59.3 Å². The smallest absolute Gasteiger partial charge is 0.287 e. The van der Waals surface area contributed by atoms with Crippen molar-refractivity contribution >= 4 is 5.91 Å². The Morgan fingerprint density at radius 2 is 1.84 bits per heavy atom. The standard InChI is InChI=1S/C25H38FN3O2/c1-6-28(7-2)15-9-10-20(5)27-25(30)24-14-13-23(31-24)18-29(19(3)4)17-21-11-8-12-22(26)16-21/h8,11-14,16,19-20H,6-7,9-10,15,17-18H2,1-5H3,(H,27,30). The van der Waals surface area contributed by atoms with E-state index < -0.39 is 0 Å². The Bertz CT molecular complexity index is 802. The number of furan rings is 1. The predicted octanol–water partition coefficient (Wildman–Crippen LogP) is 5.07. The Morgan fingerprint density at radius 3 is 2.48 bits per heavy atom. The number of rotatable bonds is 13. The highest BCUT2D eigenvalue weighted by atomic mass is 19.1. The Labute approximate surface area is 186 Å². The van der Waals surface area contributed by atoms with E-state index in [0.29, 0.717) is 18.8 Å². The van der Waals surface area contributed by atoms with Crippen molar-refractivity contribution in [2.24, 2.45) is 0 Å². The van der Waals surface area contributed by atoms with Crippen LogP contribution in [0.1, 0.15) is 69.3 Å². The molecule has 0 saturated heterocycles. The molecule has 1 amide bonds. The van der Waals surface area contributed by atoms with Gasteiger partial charge >= 0.3 is 0 Å². The van der Waals surface area contributed by atoms with Gasteiger partial charge in [-0.3, -0.25) is 9.69 Å². The van der Waals surface area contributed by atoms with Gasteiger partial charge in [-0.2, -0.15) is 0 Å². The molecule has 0 aliphatic rings. The molecule has 0 aliphatic heterocycles. The van der Waals surface area contributed by atoms with E-state index in [4.69, 9.17) is 4.42 Å². The van der Waals surface area contributed by atoms with Crippen LogP contribution in [0.4, 0.5) is 4.39 Å². The van der Waals surface area contributed by atoms with Gasteiger partial charge in [-0.15, -0.1) is 0 Å². The van der Waals surface area contributed by atoms with Gasteiger partial charge in [0, 0.05) is 18.6 Å². The van der Waals surface area contributed by atoms with Crippen molar-refractivity contribution < 1.29 is 13.6 Å². The summed E-state index contributed by atoms with van der Waals surface area (Å²) in [6.07, 6.45) is 1.99. The van der Waals surface area contributed by atoms with Gasteiger partial charge in [0.15, 0.2) is 5.76 Å². The second-order valence-electron chi connectivity index (χ2n) is 8.44. The Kier molecular flexibility index (Phi) is 10.2. The minimum Gasteiger partial charge on any atom is -0.455 e. The maximum atomic E-state index is 13.5. The molecule has 31 heavy (non-hydrogen) atoms. The van der Waals surface area contributed by atoms with E-state index in [1.807, 2.05) is 19.1 Å². The third kappa shape index (κ3) is 8.46. The average molecular weight is 432 g/mol. The molecule has 1 heterocycles. The van der Waals surface area contributed by atoms with Crippen molar-refractivity contribution in [3.63, 3.8) is 0 Å². The molecule has 172 valence electrons. The minimum absolute atomic E-state index is 0.0942. The molecular weight excluding hydrogens is 393 g/mol. The average Bonchev–Trinajstić information content (AvgIpc) is 3.19. The number of halogens is 1. The molecular formula is C25H38FN3O2. The van der Waals surface area contributed by atoms with E-state index in [0.717, 1.165) is 43.8 Å². The van der Waals surface area contributed by atoms with Gasteiger partial charge in [0.05, 0.1) is 6.54 Å². The lowest BCUT2D eigenvalue weighted by atomic mass is 10.1. The van der Waals surface area contributed by atoms with Gasteiger partial charge < -0.3 is 14.6 Å². The lowest BCUT2D eigenvalue weighted by molar-refractivity contribution is 0.0903. The van der Waals surface area contributed by atoms with Gasteiger partial charge in [0.25, 0.3) is 5.91 Å². The van der Waals surface area contributed by atoms with Crippen LogP contribution in [0.5, 0.6) is 0 Å². The first kappa shape index (κ1) is 25.1. The van der Waals surface area contributed by atoms with Crippen LogP contribution in [-0.2, 0) is 13.1 Å². The van der Waals surface area contributed by atoms with Gasteiger partial charge in [-0.05, 0) is 83.1 Å². The number of hydrogen-bond acceptors (Lipinski definition) is 4. The fourth-order valence-electron chi connectivity index (χ4n) is 3.60. The van der Waals surface area contributed by atoms with Crippen LogP contribution in [0.2, 0.25) is 0 Å². The second kappa shape index (κ2) is 12.6. The molecule has 0 radical (unpaired) electrons. The Hall–Kier alpha value is -2.18. The van der Waals surface area contributed by atoms with Crippen LogP contribution in [0.15, 0.2) is 40.8 Å². The van der Waals surface area contributed by atoms with E-state index in [-0.39, 0.29) is 23.8 Å². The van der Waals surface area contributed by atoms with E-state index in [2.05, 4.69) is 42.8 Å². The molecule has 2 rings (SSSR count). The van der Waals surface area contributed by atoms with Crippen LogP contribution in [0, 0.1) is 5.82 Å². The first-order valence-corrected chi connectivity index (χ1v) is 11.4. The van der Waals surface area contributed by atoms with E-state index >= 15 is 0 Å². The molecule has 2 aromatic rings. The molecule has 1 aromatic carbocycles. The van der Waals surface area contributed by atoms with Crippen LogP contribution in [-0.4, -0.2) is 47.4 Å². The van der Waals surface area contributed by atoms with Crippen molar-refractivity contribution in [3.8, 4) is 0 Å². The molecule has 0 saturated carbocycles. The van der Waals surface area contributed by atoms with Crippen LogP contribution in [0.25, 0.3) is 0 Å². The molecule has 5 nitrogen and oxygen atoms in total. The monoisotopic (exact) mass is 431 g/mol. The summed E-state index contributed by atoms with van der Waals surface area (Å²) in [5.74, 6) is 0.650. The van der Waals surface area contributed by atoms with Crippen molar-refractivity contribution in [1.29, 1.82) is 0 Å². The molecule has 1 aromatic heterocycles. The van der Waals surface area contributed by atoms with Crippen molar-refractivity contribution in [1.82, 2.24) is 15.1 Å². The largest absolute Gasteiger partial charge is 0.455 e. The fourth-order valence-corrected chi connectivity index (χ4v) is 3.60. The Morgan fingerprint density at radius 1 is 1.10 bits per heavy atom. The number of carbonyl (C=O) groups excluding carboxylic acids is 1. The zero-order valence-electron chi connectivity index (χ0n) is 19.7. The molecule has 1 N–H and O–H groups in total. The molecule has 0 fully saturated rings. The molecule has 0 aliphatic carbocycles. The quantitative estimate of drug-likeness (QED) is 0.481. The summed E-state index contributed by atoms with van der Waals surface area (Å²) in [7, 11) is 0. The number of nitrogens with zero attached hydrogens (tertiary/aromatic N) is 2. The van der Waals surface area contributed by atoms with Gasteiger partial charge in [0.2, 0.25) is 0 Å². The first-order valence-electron chi connectivity index (χ1n) is 11.4. The lowest BCUT2D eigenvalue weighted by Gasteiger charge is -2.25. The van der Waals surface area contributed by atoms with Crippen LogP contribution in [0.3, 0.4) is 0 Å². The highest BCUT2D eigenvalue weighted by molar-refractivity contribution is 5.91. The number of hydrogen-bond donors (Lipinski definition) is 1. The Balaban J connectivity index is 1.88. The zero-order chi connectivity index (χ0) is 22.8. The first-order chi connectivity index (χ1) is 14.8.